The Morgan fingerprint density at radius 2 is 1.38 bits per heavy atom. The molecule has 0 aromatic rings. The third-order valence-corrected chi connectivity index (χ3v) is 2.04. The maximum absolute atomic E-state index is 5.51. The van der Waals surface area contributed by atoms with Gasteiger partial charge in [-0.05, 0) is 19.8 Å². The van der Waals surface area contributed by atoms with E-state index in [0.29, 0.717) is 0 Å². The number of hydrogen-bond donors (Lipinski definition) is 0. The fourth-order valence-corrected chi connectivity index (χ4v) is 1.07. The fraction of sp³-hybridized carbons (Fsp3) is 1.00. The average Bonchev–Trinajstić information content (AvgIpc) is 2.05. The highest BCUT2D eigenvalue weighted by Crippen LogP contribution is 2.09. The van der Waals surface area contributed by atoms with Crippen LogP contribution in [-0.2, 0) is 9.47 Å². The molecule has 0 N–H and O–H groups in total. The summed E-state index contributed by atoms with van der Waals surface area (Å²) in [6, 6.07) is 0. The van der Waals surface area contributed by atoms with E-state index in [1.54, 1.807) is 0 Å². The summed E-state index contributed by atoms with van der Waals surface area (Å²) in [6.45, 7) is 7.69. The minimum atomic E-state index is -0.593. The van der Waals surface area contributed by atoms with Crippen LogP contribution in [0.25, 0.3) is 0 Å². The molecule has 0 heterocycles. The van der Waals surface area contributed by atoms with Crippen LogP contribution in [0.15, 0.2) is 0 Å². The number of rotatable bonds is 8. The summed E-state index contributed by atoms with van der Waals surface area (Å²) in [6.07, 6.45) is 4.46. The second-order valence-corrected chi connectivity index (χ2v) is 4.26. The minimum absolute atomic E-state index is 0.593. The highest BCUT2D eigenvalue weighted by atomic mass is 28.1. The van der Waals surface area contributed by atoms with Crippen molar-refractivity contribution in [3.63, 3.8) is 0 Å². The van der Waals surface area contributed by atoms with Crippen molar-refractivity contribution in [3.8, 4) is 0 Å². The molecule has 3 radical (unpaired) electrons. The zero-order valence-corrected chi connectivity index (χ0v) is 10.1. The summed E-state index contributed by atoms with van der Waals surface area (Å²) in [4.78, 5) is 0. The predicted molar refractivity (Wildman–Crippen MR) is 55.9 cm³/mol. The van der Waals surface area contributed by atoms with Crippen molar-refractivity contribution in [2.75, 3.05) is 13.2 Å². The lowest BCUT2D eigenvalue weighted by Gasteiger charge is -2.25. The van der Waals surface area contributed by atoms with E-state index in [1.165, 1.54) is 0 Å². The third-order valence-electron chi connectivity index (χ3n) is 1.75. The van der Waals surface area contributed by atoms with Crippen molar-refractivity contribution in [2.24, 2.45) is 0 Å². The standard InChI is InChI=1S/C10H21O2Si/c1-4-6-8-11-10(3,13)12-9-7-5-2/h4-9H2,1-3H3. The maximum atomic E-state index is 5.51. The number of ether oxygens (including phenoxy) is 2. The lowest BCUT2D eigenvalue weighted by atomic mass is 10.3. The van der Waals surface area contributed by atoms with Crippen LogP contribution in [0.1, 0.15) is 46.5 Å². The summed E-state index contributed by atoms with van der Waals surface area (Å²) < 4.78 is 11.0. The summed E-state index contributed by atoms with van der Waals surface area (Å²) >= 11 is 0. The molecular weight excluding hydrogens is 180 g/mol. The topological polar surface area (TPSA) is 18.5 Å². The normalized spacial score (nSPS) is 12.0. The van der Waals surface area contributed by atoms with Crippen molar-refractivity contribution in [3.05, 3.63) is 0 Å². The third kappa shape index (κ3) is 8.47. The molecule has 0 aromatic heterocycles. The van der Waals surface area contributed by atoms with Crippen LogP contribution < -0.4 is 0 Å². The quantitative estimate of drug-likeness (QED) is 0.341. The first-order valence-electron chi connectivity index (χ1n) is 5.15. The van der Waals surface area contributed by atoms with Crippen LogP contribution in [0.2, 0.25) is 0 Å². The van der Waals surface area contributed by atoms with Gasteiger partial charge in [0.2, 0.25) is 0 Å². The first kappa shape index (κ1) is 13.1. The Labute approximate surface area is 85.4 Å². The van der Waals surface area contributed by atoms with Gasteiger partial charge in [0, 0.05) is 13.2 Å². The lowest BCUT2D eigenvalue weighted by Crippen LogP contribution is -2.33. The molecule has 2 nitrogen and oxygen atoms in total. The monoisotopic (exact) mass is 201 g/mol. The first-order valence-corrected chi connectivity index (χ1v) is 5.65. The van der Waals surface area contributed by atoms with Crippen LogP contribution >= 0.6 is 0 Å². The largest absolute Gasteiger partial charge is 0.355 e. The molecule has 0 unspecified atom stereocenters. The summed E-state index contributed by atoms with van der Waals surface area (Å²) in [7, 11) is 3.45. The van der Waals surface area contributed by atoms with E-state index in [9.17, 15) is 0 Å². The molecule has 0 saturated carbocycles. The Balaban J connectivity index is 3.42. The molecule has 0 aliphatic carbocycles. The molecule has 0 fully saturated rings. The maximum Gasteiger partial charge on any atom is 0.141 e. The molecule has 0 bridgehead atoms. The molecule has 0 amide bonds. The van der Waals surface area contributed by atoms with E-state index in [-0.39, 0.29) is 0 Å². The van der Waals surface area contributed by atoms with Gasteiger partial charge < -0.3 is 9.47 Å². The molecule has 77 valence electrons. The number of hydrogen-bond acceptors (Lipinski definition) is 2. The van der Waals surface area contributed by atoms with Crippen molar-refractivity contribution < 1.29 is 9.47 Å². The Morgan fingerprint density at radius 3 is 1.69 bits per heavy atom. The van der Waals surface area contributed by atoms with Gasteiger partial charge in [-0.1, -0.05) is 26.7 Å². The lowest BCUT2D eigenvalue weighted by molar-refractivity contribution is -0.167. The van der Waals surface area contributed by atoms with Crippen molar-refractivity contribution in [1.29, 1.82) is 0 Å². The van der Waals surface area contributed by atoms with Gasteiger partial charge in [-0.2, -0.15) is 0 Å². The van der Waals surface area contributed by atoms with Gasteiger partial charge >= 0.3 is 0 Å². The van der Waals surface area contributed by atoms with Crippen LogP contribution in [0.3, 0.4) is 0 Å². The highest BCUT2D eigenvalue weighted by Gasteiger charge is 2.17. The highest BCUT2D eigenvalue weighted by molar-refractivity contribution is 6.13. The van der Waals surface area contributed by atoms with Crippen molar-refractivity contribution >= 4 is 10.2 Å². The van der Waals surface area contributed by atoms with Crippen LogP contribution in [-0.4, -0.2) is 28.9 Å². The van der Waals surface area contributed by atoms with Crippen molar-refractivity contribution in [2.45, 2.75) is 51.9 Å². The fourth-order valence-electron chi connectivity index (χ4n) is 0.864. The van der Waals surface area contributed by atoms with Crippen LogP contribution in [0.4, 0.5) is 0 Å². The van der Waals surface area contributed by atoms with Crippen LogP contribution in [0, 0.1) is 0 Å². The van der Waals surface area contributed by atoms with Gasteiger partial charge in [0.25, 0.3) is 0 Å². The second-order valence-electron chi connectivity index (χ2n) is 3.35. The van der Waals surface area contributed by atoms with Crippen molar-refractivity contribution in [1.82, 2.24) is 0 Å². The molecule has 0 aromatic carbocycles. The molecule has 0 atom stereocenters. The first-order chi connectivity index (χ1) is 6.12. The smallest absolute Gasteiger partial charge is 0.141 e. The molecule has 0 aliphatic rings. The number of unbranched alkanes of at least 4 members (excludes halogenated alkanes) is 2. The Bertz CT molecular complexity index is 103. The summed E-state index contributed by atoms with van der Waals surface area (Å²) in [5.74, 6) is 0. The molecule has 0 saturated heterocycles. The van der Waals surface area contributed by atoms with E-state index in [0.717, 1.165) is 38.9 Å². The molecule has 0 spiro atoms. The Kier molecular flexibility index (Phi) is 7.61. The van der Waals surface area contributed by atoms with Gasteiger partial charge in [0.15, 0.2) is 0 Å². The minimum Gasteiger partial charge on any atom is -0.355 e. The zero-order chi connectivity index (χ0) is 10.2. The van der Waals surface area contributed by atoms with E-state index in [4.69, 9.17) is 9.47 Å². The van der Waals surface area contributed by atoms with Gasteiger partial charge in [-0.3, -0.25) is 0 Å². The van der Waals surface area contributed by atoms with E-state index in [1.807, 2.05) is 6.92 Å². The van der Waals surface area contributed by atoms with E-state index in [2.05, 4.69) is 24.1 Å². The van der Waals surface area contributed by atoms with E-state index < -0.39 is 5.41 Å². The second kappa shape index (κ2) is 7.53. The molecule has 0 rings (SSSR count). The summed E-state index contributed by atoms with van der Waals surface area (Å²) in [5, 5.41) is 0. The summed E-state index contributed by atoms with van der Waals surface area (Å²) in [5.41, 5.74) is -0.593. The molecule has 3 heteroatoms. The Morgan fingerprint density at radius 1 is 1.00 bits per heavy atom. The van der Waals surface area contributed by atoms with Gasteiger partial charge in [0.1, 0.15) is 15.7 Å². The molecular formula is C10H21O2Si. The molecule has 0 aliphatic heterocycles. The van der Waals surface area contributed by atoms with Gasteiger partial charge in [0.05, 0.1) is 0 Å². The predicted octanol–water partition coefficient (Wildman–Crippen LogP) is 2.46. The van der Waals surface area contributed by atoms with Gasteiger partial charge in [-0.15, -0.1) is 0 Å². The molecule has 13 heavy (non-hydrogen) atoms. The average molecular weight is 201 g/mol. The Hall–Kier alpha value is 0.137. The zero-order valence-electron chi connectivity index (χ0n) is 9.06. The SMILES string of the molecule is CCCCOC(C)([Si])OCCCC. The van der Waals surface area contributed by atoms with E-state index >= 15 is 0 Å². The van der Waals surface area contributed by atoms with Gasteiger partial charge in [-0.25, -0.2) is 0 Å². The van der Waals surface area contributed by atoms with Crippen LogP contribution in [0.5, 0.6) is 0 Å².